The zero-order valence-corrected chi connectivity index (χ0v) is 10.9. The van der Waals surface area contributed by atoms with Gasteiger partial charge in [0.2, 0.25) is 5.91 Å². The topological polar surface area (TPSA) is 29.1 Å². The minimum absolute atomic E-state index is 0.115. The smallest absolute Gasteiger partial charge is 0.223 e. The maximum atomic E-state index is 11.7. The van der Waals surface area contributed by atoms with Gasteiger partial charge in [-0.1, -0.05) is 38.1 Å². The number of hydrogen-bond donors (Lipinski definition) is 1. The third kappa shape index (κ3) is 3.09. The Balaban J connectivity index is 1.98. The molecule has 0 saturated heterocycles. The summed E-state index contributed by atoms with van der Waals surface area (Å²) in [6.07, 6.45) is 2.12. The van der Waals surface area contributed by atoms with Crippen molar-refractivity contribution in [1.29, 1.82) is 0 Å². The first-order valence-corrected chi connectivity index (χ1v) is 6.48. The molecular formula is C15H21NO. The molecular weight excluding hydrogens is 210 g/mol. The molecule has 0 unspecified atom stereocenters. The highest BCUT2D eigenvalue weighted by molar-refractivity contribution is 5.81. The molecule has 92 valence electrons. The molecule has 1 aliphatic rings. The lowest BCUT2D eigenvalue weighted by atomic mass is 9.99. The second kappa shape index (κ2) is 4.91. The fourth-order valence-electron chi connectivity index (χ4n) is 1.93. The molecule has 0 aliphatic heterocycles. The average Bonchev–Trinajstić information content (AvgIpc) is 3.12. The number of carbonyl (C=O) groups excluding carboxylic acids is 1. The van der Waals surface area contributed by atoms with E-state index in [-0.39, 0.29) is 17.9 Å². The van der Waals surface area contributed by atoms with Crippen molar-refractivity contribution >= 4 is 5.91 Å². The van der Waals surface area contributed by atoms with Crippen LogP contribution in [-0.4, -0.2) is 5.91 Å². The Hall–Kier alpha value is -1.31. The Morgan fingerprint density at radius 1 is 1.12 bits per heavy atom. The van der Waals surface area contributed by atoms with Crippen LogP contribution < -0.4 is 5.32 Å². The first kappa shape index (κ1) is 12.2. The normalized spacial score (nSPS) is 16.9. The van der Waals surface area contributed by atoms with E-state index >= 15 is 0 Å². The minimum atomic E-state index is 0.115. The van der Waals surface area contributed by atoms with E-state index in [1.807, 2.05) is 6.92 Å². The van der Waals surface area contributed by atoms with Crippen LogP contribution in [0.25, 0.3) is 0 Å². The van der Waals surface area contributed by atoms with Gasteiger partial charge < -0.3 is 5.32 Å². The van der Waals surface area contributed by atoms with Crippen molar-refractivity contribution in [2.24, 2.45) is 5.92 Å². The summed E-state index contributed by atoms with van der Waals surface area (Å²) in [4.78, 5) is 11.7. The van der Waals surface area contributed by atoms with Crippen LogP contribution in [0.3, 0.4) is 0 Å². The summed E-state index contributed by atoms with van der Waals surface area (Å²) in [6, 6.07) is 8.66. The molecule has 17 heavy (non-hydrogen) atoms. The van der Waals surface area contributed by atoms with Crippen molar-refractivity contribution in [2.45, 2.75) is 45.6 Å². The lowest BCUT2D eigenvalue weighted by Gasteiger charge is -2.15. The van der Waals surface area contributed by atoms with Gasteiger partial charge in [0.15, 0.2) is 0 Å². The Morgan fingerprint density at radius 2 is 1.65 bits per heavy atom. The molecule has 0 spiro atoms. The largest absolute Gasteiger partial charge is 0.349 e. The molecule has 1 amide bonds. The van der Waals surface area contributed by atoms with E-state index in [4.69, 9.17) is 0 Å². The molecule has 0 bridgehead atoms. The Bertz CT molecular complexity index is 390. The molecule has 2 nitrogen and oxygen atoms in total. The van der Waals surface area contributed by atoms with Gasteiger partial charge in [0.05, 0.1) is 6.04 Å². The number of amides is 1. The molecule has 1 aromatic carbocycles. The van der Waals surface area contributed by atoms with Gasteiger partial charge in [0.25, 0.3) is 0 Å². The fraction of sp³-hybridized carbons (Fsp3) is 0.533. The van der Waals surface area contributed by atoms with Crippen LogP contribution in [-0.2, 0) is 4.79 Å². The highest BCUT2D eigenvalue weighted by Gasteiger charge is 2.30. The van der Waals surface area contributed by atoms with Gasteiger partial charge in [-0.15, -0.1) is 0 Å². The van der Waals surface area contributed by atoms with Gasteiger partial charge in [0, 0.05) is 5.92 Å². The van der Waals surface area contributed by atoms with Gasteiger partial charge in [-0.05, 0) is 36.8 Å². The molecule has 1 fully saturated rings. The maximum absolute atomic E-state index is 11.7. The lowest BCUT2D eigenvalue weighted by Crippen LogP contribution is -2.27. The third-order valence-electron chi connectivity index (χ3n) is 3.41. The summed E-state index contributed by atoms with van der Waals surface area (Å²) < 4.78 is 0. The molecule has 1 saturated carbocycles. The Morgan fingerprint density at radius 3 is 2.12 bits per heavy atom. The Kier molecular flexibility index (Phi) is 3.51. The van der Waals surface area contributed by atoms with Crippen molar-refractivity contribution in [3.8, 4) is 0 Å². The molecule has 0 aromatic heterocycles. The number of carbonyl (C=O) groups is 1. The molecule has 1 atom stereocenters. The van der Waals surface area contributed by atoms with Crippen LogP contribution in [0, 0.1) is 5.92 Å². The monoisotopic (exact) mass is 231 g/mol. The van der Waals surface area contributed by atoms with E-state index < -0.39 is 0 Å². The summed E-state index contributed by atoms with van der Waals surface area (Å²) in [7, 11) is 0. The molecule has 2 rings (SSSR count). The molecule has 2 heteroatoms. The average molecular weight is 231 g/mol. The SMILES string of the molecule is CC(C)c1ccc([C@@H](C)NC(=O)C2CC2)cc1. The van der Waals surface area contributed by atoms with Gasteiger partial charge in [0.1, 0.15) is 0 Å². The first-order chi connectivity index (χ1) is 8.08. The van der Waals surface area contributed by atoms with Gasteiger partial charge in [-0.25, -0.2) is 0 Å². The molecule has 0 heterocycles. The summed E-state index contributed by atoms with van der Waals surface area (Å²) in [5.41, 5.74) is 2.53. The van der Waals surface area contributed by atoms with E-state index in [0.717, 1.165) is 12.8 Å². The van der Waals surface area contributed by atoms with Crippen molar-refractivity contribution in [3.63, 3.8) is 0 Å². The van der Waals surface area contributed by atoms with Crippen molar-refractivity contribution in [1.82, 2.24) is 5.32 Å². The van der Waals surface area contributed by atoms with Crippen LogP contribution in [0.15, 0.2) is 24.3 Å². The minimum Gasteiger partial charge on any atom is -0.349 e. The predicted molar refractivity (Wildman–Crippen MR) is 69.8 cm³/mol. The summed E-state index contributed by atoms with van der Waals surface area (Å²) >= 11 is 0. The van der Waals surface area contributed by atoms with Gasteiger partial charge in [-0.2, -0.15) is 0 Å². The first-order valence-electron chi connectivity index (χ1n) is 6.48. The van der Waals surface area contributed by atoms with Crippen LogP contribution in [0.2, 0.25) is 0 Å². The Labute approximate surface area is 103 Å². The van der Waals surface area contributed by atoms with Crippen LogP contribution >= 0.6 is 0 Å². The molecule has 1 aromatic rings. The van der Waals surface area contributed by atoms with Gasteiger partial charge in [-0.3, -0.25) is 4.79 Å². The van der Waals surface area contributed by atoms with Crippen molar-refractivity contribution < 1.29 is 4.79 Å². The second-order valence-electron chi connectivity index (χ2n) is 5.33. The quantitative estimate of drug-likeness (QED) is 0.845. The fourth-order valence-corrected chi connectivity index (χ4v) is 1.93. The lowest BCUT2D eigenvalue weighted by molar-refractivity contribution is -0.122. The molecule has 1 aliphatic carbocycles. The van der Waals surface area contributed by atoms with E-state index in [1.54, 1.807) is 0 Å². The zero-order valence-electron chi connectivity index (χ0n) is 10.9. The maximum Gasteiger partial charge on any atom is 0.223 e. The third-order valence-corrected chi connectivity index (χ3v) is 3.41. The van der Waals surface area contributed by atoms with Crippen LogP contribution in [0.5, 0.6) is 0 Å². The number of nitrogens with one attached hydrogen (secondary N) is 1. The van der Waals surface area contributed by atoms with E-state index in [1.165, 1.54) is 11.1 Å². The number of rotatable bonds is 4. The molecule has 0 radical (unpaired) electrons. The second-order valence-corrected chi connectivity index (χ2v) is 5.33. The molecule has 1 N–H and O–H groups in total. The summed E-state index contributed by atoms with van der Waals surface area (Å²) in [5, 5.41) is 3.07. The van der Waals surface area contributed by atoms with Crippen molar-refractivity contribution in [3.05, 3.63) is 35.4 Å². The standard InChI is InChI=1S/C15H21NO/c1-10(2)12-4-6-13(7-5-12)11(3)16-15(17)14-8-9-14/h4-7,10-11,14H,8-9H2,1-3H3,(H,16,17)/t11-/m1/s1. The van der Waals surface area contributed by atoms with Crippen LogP contribution in [0.1, 0.15) is 56.7 Å². The number of hydrogen-bond acceptors (Lipinski definition) is 1. The highest BCUT2D eigenvalue weighted by Crippen LogP contribution is 2.29. The zero-order chi connectivity index (χ0) is 12.4. The van der Waals surface area contributed by atoms with E-state index in [2.05, 4.69) is 43.4 Å². The summed E-state index contributed by atoms with van der Waals surface area (Å²) in [6.45, 7) is 6.42. The number of benzene rings is 1. The summed E-state index contributed by atoms with van der Waals surface area (Å²) in [5.74, 6) is 1.05. The van der Waals surface area contributed by atoms with Crippen LogP contribution in [0.4, 0.5) is 0 Å². The van der Waals surface area contributed by atoms with Crippen molar-refractivity contribution in [2.75, 3.05) is 0 Å². The highest BCUT2D eigenvalue weighted by atomic mass is 16.2. The van der Waals surface area contributed by atoms with Gasteiger partial charge >= 0.3 is 0 Å². The van der Waals surface area contributed by atoms with E-state index in [0.29, 0.717) is 5.92 Å². The van der Waals surface area contributed by atoms with E-state index in [9.17, 15) is 4.79 Å². The predicted octanol–water partition coefficient (Wildman–Crippen LogP) is 3.40.